The van der Waals surface area contributed by atoms with Gasteiger partial charge in [0.05, 0.1) is 0 Å². The summed E-state index contributed by atoms with van der Waals surface area (Å²) in [5.41, 5.74) is 2.35. The quantitative estimate of drug-likeness (QED) is 0.817. The summed E-state index contributed by atoms with van der Waals surface area (Å²) < 4.78 is 27.1. The number of nitrogens with two attached hydrogens (primary N) is 1. The van der Waals surface area contributed by atoms with E-state index < -0.39 is 11.6 Å². The Balaban J connectivity index is 1.91. The molecule has 2 aromatic carbocycles. The monoisotopic (exact) mass is 383 g/mol. The van der Waals surface area contributed by atoms with Crippen molar-refractivity contribution in [2.75, 3.05) is 11.9 Å². The lowest BCUT2D eigenvalue weighted by Gasteiger charge is -2.12. The number of benzene rings is 2. The average molecular weight is 384 g/mol. The van der Waals surface area contributed by atoms with Crippen LogP contribution < -0.4 is 10.6 Å². The zero-order valence-corrected chi connectivity index (χ0v) is 14.5. The molecule has 23 heavy (non-hydrogen) atoms. The molecule has 0 saturated carbocycles. The van der Waals surface area contributed by atoms with Crippen LogP contribution in [0.15, 0.2) is 40.9 Å². The molecular formula is C17H18BrF2N2O+. The molecule has 6 heteroatoms. The number of nitrogens with one attached hydrogen (secondary N) is 1. The summed E-state index contributed by atoms with van der Waals surface area (Å²) in [6.45, 7) is 3.94. The van der Waals surface area contributed by atoms with E-state index in [2.05, 4.69) is 21.2 Å². The van der Waals surface area contributed by atoms with E-state index in [1.807, 2.05) is 32.0 Å². The van der Waals surface area contributed by atoms with Gasteiger partial charge in [0.15, 0.2) is 18.2 Å². The van der Waals surface area contributed by atoms with Gasteiger partial charge in [0.2, 0.25) is 0 Å². The van der Waals surface area contributed by atoms with Crippen molar-refractivity contribution < 1.29 is 18.9 Å². The summed E-state index contributed by atoms with van der Waals surface area (Å²) in [4.78, 5) is 12.0. The minimum Gasteiger partial charge on any atom is -0.333 e. The van der Waals surface area contributed by atoms with Crippen LogP contribution in [0.3, 0.4) is 0 Å². The first-order valence-electron chi connectivity index (χ1n) is 7.21. The third-order valence-electron chi connectivity index (χ3n) is 3.59. The van der Waals surface area contributed by atoms with Gasteiger partial charge in [-0.3, -0.25) is 4.79 Å². The van der Waals surface area contributed by atoms with Gasteiger partial charge in [0.1, 0.15) is 6.04 Å². The topological polar surface area (TPSA) is 45.7 Å². The molecule has 1 atom stereocenters. The molecule has 0 heterocycles. The zero-order chi connectivity index (χ0) is 17.0. The highest BCUT2D eigenvalue weighted by Crippen LogP contribution is 2.19. The molecule has 0 aliphatic carbocycles. The van der Waals surface area contributed by atoms with E-state index in [1.165, 1.54) is 6.07 Å². The predicted molar refractivity (Wildman–Crippen MR) is 89.1 cm³/mol. The highest BCUT2D eigenvalue weighted by atomic mass is 79.9. The number of aryl methyl sites for hydroxylation is 1. The van der Waals surface area contributed by atoms with Gasteiger partial charge in [-0.25, -0.2) is 8.78 Å². The summed E-state index contributed by atoms with van der Waals surface area (Å²) in [7, 11) is 0. The Labute approximate surface area is 142 Å². The average Bonchev–Trinajstić information content (AvgIpc) is 2.50. The van der Waals surface area contributed by atoms with E-state index in [-0.39, 0.29) is 18.5 Å². The van der Waals surface area contributed by atoms with Gasteiger partial charge < -0.3 is 10.6 Å². The van der Waals surface area contributed by atoms with Gasteiger partial charge in [-0.15, -0.1) is 0 Å². The maximum Gasteiger partial charge on any atom is 0.279 e. The van der Waals surface area contributed by atoms with Crippen molar-refractivity contribution >= 4 is 27.5 Å². The minimum absolute atomic E-state index is 0.148. The molecule has 3 nitrogen and oxygen atoms in total. The lowest BCUT2D eigenvalue weighted by atomic mass is 10.1. The molecule has 2 aromatic rings. The molecule has 3 N–H and O–H groups in total. The number of rotatable bonds is 5. The molecule has 0 aromatic heterocycles. The summed E-state index contributed by atoms with van der Waals surface area (Å²) in [5, 5.41) is 4.61. The summed E-state index contributed by atoms with van der Waals surface area (Å²) in [6, 6.07) is 9.24. The first kappa shape index (κ1) is 17.6. The third-order valence-corrected chi connectivity index (χ3v) is 4.08. The second kappa shape index (κ2) is 7.66. The van der Waals surface area contributed by atoms with Gasteiger partial charge in [0.25, 0.3) is 5.91 Å². The molecule has 0 spiro atoms. The van der Waals surface area contributed by atoms with Crippen LogP contribution in [0, 0.1) is 18.6 Å². The second-order valence-electron chi connectivity index (χ2n) is 5.41. The number of quaternary nitrogens is 1. The fourth-order valence-corrected chi connectivity index (χ4v) is 2.66. The van der Waals surface area contributed by atoms with Crippen LogP contribution in [0.5, 0.6) is 0 Å². The van der Waals surface area contributed by atoms with Crippen molar-refractivity contribution in [2.24, 2.45) is 0 Å². The number of halogens is 3. The van der Waals surface area contributed by atoms with Crippen molar-refractivity contribution in [1.82, 2.24) is 0 Å². The second-order valence-corrected chi connectivity index (χ2v) is 6.33. The number of carbonyl (C=O) groups is 1. The standard InChI is InChI=1S/C17H17BrF2N2O/c1-10-7-13(18)4-6-16(10)22-17(23)9-21-11(2)12-3-5-14(19)15(20)8-12/h3-8,11,21H,9H2,1-2H3,(H,22,23)/p+1/t11-/m0/s1. The van der Waals surface area contributed by atoms with Crippen molar-refractivity contribution in [3.05, 3.63) is 63.6 Å². The third kappa shape index (κ3) is 4.84. The molecule has 1 amide bonds. The Kier molecular flexibility index (Phi) is 5.85. The molecule has 2 rings (SSSR count). The molecule has 0 aliphatic rings. The van der Waals surface area contributed by atoms with Crippen LogP contribution in [-0.4, -0.2) is 12.5 Å². The Morgan fingerprint density at radius 2 is 1.96 bits per heavy atom. The fourth-order valence-electron chi connectivity index (χ4n) is 2.18. The molecule has 0 radical (unpaired) electrons. The van der Waals surface area contributed by atoms with Crippen LogP contribution in [0.4, 0.5) is 14.5 Å². The number of anilines is 1. The molecule has 0 unspecified atom stereocenters. The van der Waals surface area contributed by atoms with Gasteiger partial charge in [-0.1, -0.05) is 15.9 Å². The first-order chi connectivity index (χ1) is 10.9. The number of amides is 1. The first-order valence-corrected chi connectivity index (χ1v) is 8.00. The Hall–Kier alpha value is -1.79. The van der Waals surface area contributed by atoms with E-state index in [0.717, 1.165) is 27.9 Å². The molecule has 0 aliphatic heterocycles. The van der Waals surface area contributed by atoms with Crippen molar-refractivity contribution in [3.8, 4) is 0 Å². The molecular weight excluding hydrogens is 366 g/mol. The van der Waals surface area contributed by atoms with Crippen molar-refractivity contribution in [1.29, 1.82) is 0 Å². The van der Waals surface area contributed by atoms with E-state index in [0.29, 0.717) is 5.56 Å². The van der Waals surface area contributed by atoms with Crippen LogP contribution in [0.1, 0.15) is 24.1 Å². The number of hydrogen-bond donors (Lipinski definition) is 2. The lowest BCUT2D eigenvalue weighted by molar-refractivity contribution is -0.682. The number of carbonyl (C=O) groups excluding carboxylic acids is 1. The maximum absolute atomic E-state index is 13.2. The Morgan fingerprint density at radius 3 is 2.61 bits per heavy atom. The van der Waals surface area contributed by atoms with E-state index >= 15 is 0 Å². The lowest BCUT2D eigenvalue weighted by Crippen LogP contribution is -2.86. The van der Waals surface area contributed by atoms with Gasteiger partial charge >= 0.3 is 0 Å². The predicted octanol–water partition coefficient (Wildman–Crippen LogP) is 3.30. The summed E-state index contributed by atoms with van der Waals surface area (Å²) >= 11 is 3.37. The van der Waals surface area contributed by atoms with E-state index in [4.69, 9.17) is 0 Å². The van der Waals surface area contributed by atoms with E-state index in [9.17, 15) is 13.6 Å². The molecule has 122 valence electrons. The van der Waals surface area contributed by atoms with Crippen molar-refractivity contribution in [3.63, 3.8) is 0 Å². The molecule has 0 saturated heterocycles. The van der Waals surface area contributed by atoms with Crippen molar-refractivity contribution in [2.45, 2.75) is 19.9 Å². The Bertz CT molecular complexity index is 722. The number of hydrogen-bond acceptors (Lipinski definition) is 1. The van der Waals surface area contributed by atoms with Crippen LogP contribution in [0.25, 0.3) is 0 Å². The molecule has 0 bridgehead atoms. The van der Waals surface area contributed by atoms with Crippen LogP contribution in [0.2, 0.25) is 0 Å². The zero-order valence-electron chi connectivity index (χ0n) is 12.9. The smallest absolute Gasteiger partial charge is 0.279 e. The highest BCUT2D eigenvalue weighted by molar-refractivity contribution is 9.10. The SMILES string of the molecule is Cc1cc(Br)ccc1NC(=O)C[NH2+][C@@H](C)c1ccc(F)c(F)c1. The maximum atomic E-state index is 13.2. The normalized spacial score (nSPS) is 12.0. The molecule has 0 fully saturated rings. The highest BCUT2D eigenvalue weighted by Gasteiger charge is 2.14. The van der Waals surface area contributed by atoms with Gasteiger partial charge in [-0.05, 0) is 55.8 Å². The van der Waals surface area contributed by atoms with Crippen LogP contribution >= 0.6 is 15.9 Å². The van der Waals surface area contributed by atoms with Gasteiger partial charge in [-0.2, -0.15) is 0 Å². The summed E-state index contributed by atoms with van der Waals surface area (Å²) in [6.07, 6.45) is 0. The largest absolute Gasteiger partial charge is 0.333 e. The minimum atomic E-state index is -0.877. The van der Waals surface area contributed by atoms with Crippen LogP contribution in [-0.2, 0) is 4.79 Å². The van der Waals surface area contributed by atoms with E-state index in [1.54, 1.807) is 5.32 Å². The van der Waals surface area contributed by atoms with Gasteiger partial charge in [0, 0.05) is 15.7 Å². The fraction of sp³-hybridized carbons (Fsp3) is 0.235. The Morgan fingerprint density at radius 1 is 1.22 bits per heavy atom. The summed E-state index contributed by atoms with van der Waals surface area (Å²) in [5.74, 6) is -1.90.